The van der Waals surface area contributed by atoms with Crippen LogP contribution < -0.4 is 4.90 Å². The van der Waals surface area contributed by atoms with E-state index in [1.807, 2.05) is 17.2 Å². The molecule has 1 saturated heterocycles. The van der Waals surface area contributed by atoms with Gasteiger partial charge in [0, 0.05) is 39.3 Å². The molecule has 0 aliphatic carbocycles. The Balaban J connectivity index is 2.09. The molecule has 17 heavy (non-hydrogen) atoms. The summed E-state index contributed by atoms with van der Waals surface area (Å²) in [5.74, 6) is 1.22. The number of rotatable bonds is 1. The third kappa shape index (κ3) is 2.75. The van der Waals surface area contributed by atoms with Crippen LogP contribution in [0.5, 0.6) is 0 Å². The standard InChI is InChI=1S/C13H19N3O/c1-11-5-3-6-14-13(11)16-8-4-7-15(9-10-16)12(2)17/h3,5-6H,4,7-10H2,1-2H3. The van der Waals surface area contributed by atoms with Gasteiger partial charge in [0.05, 0.1) is 0 Å². The maximum atomic E-state index is 11.4. The van der Waals surface area contributed by atoms with Gasteiger partial charge in [-0.3, -0.25) is 4.79 Å². The van der Waals surface area contributed by atoms with Gasteiger partial charge in [0.2, 0.25) is 5.91 Å². The molecule has 1 amide bonds. The second-order valence-corrected chi connectivity index (χ2v) is 4.49. The van der Waals surface area contributed by atoms with E-state index in [4.69, 9.17) is 0 Å². The third-order valence-corrected chi connectivity index (χ3v) is 3.22. The first-order valence-corrected chi connectivity index (χ1v) is 6.10. The highest BCUT2D eigenvalue weighted by atomic mass is 16.2. The minimum Gasteiger partial charge on any atom is -0.355 e. The Morgan fingerprint density at radius 1 is 1.29 bits per heavy atom. The molecule has 0 unspecified atom stereocenters. The van der Waals surface area contributed by atoms with E-state index in [2.05, 4.69) is 22.9 Å². The van der Waals surface area contributed by atoms with Gasteiger partial charge in [0.25, 0.3) is 0 Å². The Morgan fingerprint density at radius 2 is 2.12 bits per heavy atom. The number of amides is 1. The summed E-state index contributed by atoms with van der Waals surface area (Å²) in [6, 6.07) is 4.04. The van der Waals surface area contributed by atoms with Crippen molar-refractivity contribution in [3.8, 4) is 0 Å². The minimum atomic E-state index is 0.171. The van der Waals surface area contributed by atoms with Crippen LogP contribution in [0.15, 0.2) is 18.3 Å². The lowest BCUT2D eigenvalue weighted by molar-refractivity contribution is -0.128. The monoisotopic (exact) mass is 233 g/mol. The van der Waals surface area contributed by atoms with Crippen molar-refractivity contribution < 1.29 is 4.79 Å². The molecule has 0 N–H and O–H groups in total. The van der Waals surface area contributed by atoms with Crippen molar-refractivity contribution in [1.29, 1.82) is 0 Å². The average Bonchev–Trinajstić information content (AvgIpc) is 2.55. The number of aromatic nitrogens is 1. The Labute approximate surface area is 102 Å². The van der Waals surface area contributed by atoms with E-state index in [1.165, 1.54) is 5.56 Å². The van der Waals surface area contributed by atoms with E-state index in [-0.39, 0.29) is 5.91 Å². The van der Waals surface area contributed by atoms with Crippen molar-refractivity contribution in [2.75, 3.05) is 31.1 Å². The quantitative estimate of drug-likeness (QED) is 0.736. The van der Waals surface area contributed by atoms with Crippen LogP contribution >= 0.6 is 0 Å². The molecule has 2 rings (SSSR count). The van der Waals surface area contributed by atoms with E-state index >= 15 is 0 Å². The van der Waals surface area contributed by atoms with Crippen molar-refractivity contribution >= 4 is 11.7 Å². The van der Waals surface area contributed by atoms with Crippen LogP contribution in [-0.2, 0) is 4.79 Å². The smallest absolute Gasteiger partial charge is 0.219 e. The molecule has 0 radical (unpaired) electrons. The molecule has 1 fully saturated rings. The zero-order chi connectivity index (χ0) is 12.3. The van der Waals surface area contributed by atoms with E-state index in [9.17, 15) is 4.79 Å². The Hall–Kier alpha value is -1.58. The van der Waals surface area contributed by atoms with E-state index in [1.54, 1.807) is 6.92 Å². The summed E-state index contributed by atoms with van der Waals surface area (Å²) in [5, 5.41) is 0. The highest BCUT2D eigenvalue weighted by molar-refractivity contribution is 5.73. The van der Waals surface area contributed by atoms with Gasteiger partial charge in [-0.1, -0.05) is 6.07 Å². The molecular weight excluding hydrogens is 214 g/mol. The van der Waals surface area contributed by atoms with E-state index in [0.717, 1.165) is 38.4 Å². The van der Waals surface area contributed by atoms with Crippen LogP contribution in [0, 0.1) is 6.92 Å². The number of anilines is 1. The lowest BCUT2D eigenvalue weighted by Gasteiger charge is -2.23. The first-order valence-electron chi connectivity index (χ1n) is 6.10. The summed E-state index contributed by atoms with van der Waals surface area (Å²) in [6.07, 6.45) is 2.84. The zero-order valence-corrected chi connectivity index (χ0v) is 10.5. The van der Waals surface area contributed by atoms with Crippen LogP contribution in [0.3, 0.4) is 0 Å². The van der Waals surface area contributed by atoms with Gasteiger partial charge in [0.15, 0.2) is 0 Å². The molecule has 1 aromatic rings. The molecule has 0 atom stereocenters. The highest BCUT2D eigenvalue weighted by Gasteiger charge is 2.18. The summed E-state index contributed by atoms with van der Waals surface area (Å²) in [4.78, 5) is 20.0. The minimum absolute atomic E-state index is 0.171. The fraction of sp³-hybridized carbons (Fsp3) is 0.538. The Kier molecular flexibility index (Phi) is 3.61. The second kappa shape index (κ2) is 5.17. The number of hydrogen-bond acceptors (Lipinski definition) is 3. The molecule has 0 spiro atoms. The molecule has 2 heterocycles. The van der Waals surface area contributed by atoms with Crippen molar-refractivity contribution in [2.24, 2.45) is 0 Å². The third-order valence-electron chi connectivity index (χ3n) is 3.22. The number of carbonyl (C=O) groups excluding carboxylic acids is 1. The lowest BCUT2D eigenvalue weighted by Crippen LogP contribution is -2.34. The SMILES string of the molecule is CC(=O)N1CCCN(c2ncccc2C)CC1. The molecule has 1 aliphatic heterocycles. The molecule has 4 nitrogen and oxygen atoms in total. The number of hydrogen-bond donors (Lipinski definition) is 0. The van der Waals surface area contributed by atoms with Crippen LogP contribution in [-0.4, -0.2) is 42.0 Å². The molecule has 0 aromatic carbocycles. The van der Waals surface area contributed by atoms with Crippen LogP contribution in [0.2, 0.25) is 0 Å². The number of nitrogens with zero attached hydrogens (tertiary/aromatic N) is 3. The van der Waals surface area contributed by atoms with Gasteiger partial charge in [-0.25, -0.2) is 4.98 Å². The Morgan fingerprint density at radius 3 is 2.82 bits per heavy atom. The van der Waals surface area contributed by atoms with E-state index in [0.29, 0.717) is 0 Å². The van der Waals surface area contributed by atoms with Gasteiger partial charge in [-0.05, 0) is 25.0 Å². The topological polar surface area (TPSA) is 36.4 Å². The molecule has 1 aliphatic rings. The van der Waals surface area contributed by atoms with Gasteiger partial charge < -0.3 is 9.80 Å². The first-order chi connectivity index (χ1) is 8.18. The normalized spacial score (nSPS) is 16.8. The highest BCUT2D eigenvalue weighted by Crippen LogP contribution is 2.17. The number of carbonyl (C=O) groups is 1. The predicted octanol–water partition coefficient (Wildman–Crippen LogP) is 1.45. The molecule has 4 heteroatoms. The Bertz CT molecular complexity index is 405. The van der Waals surface area contributed by atoms with Gasteiger partial charge >= 0.3 is 0 Å². The van der Waals surface area contributed by atoms with Crippen molar-refractivity contribution in [3.63, 3.8) is 0 Å². The summed E-state index contributed by atoms with van der Waals surface area (Å²) >= 11 is 0. The van der Waals surface area contributed by atoms with Crippen molar-refractivity contribution in [2.45, 2.75) is 20.3 Å². The zero-order valence-electron chi connectivity index (χ0n) is 10.5. The van der Waals surface area contributed by atoms with Gasteiger partial charge in [-0.15, -0.1) is 0 Å². The fourth-order valence-electron chi connectivity index (χ4n) is 2.25. The lowest BCUT2D eigenvalue weighted by atomic mass is 10.2. The van der Waals surface area contributed by atoms with Crippen molar-refractivity contribution in [1.82, 2.24) is 9.88 Å². The van der Waals surface area contributed by atoms with E-state index < -0.39 is 0 Å². The molecule has 0 saturated carbocycles. The van der Waals surface area contributed by atoms with Gasteiger partial charge in [-0.2, -0.15) is 0 Å². The summed E-state index contributed by atoms with van der Waals surface area (Å²) in [7, 11) is 0. The summed E-state index contributed by atoms with van der Waals surface area (Å²) < 4.78 is 0. The molecule has 1 aromatic heterocycles. The first kappa shape index (κ1) is 11.9. The summed E-state index contributed by atoms with van der Waals surface area (Å²) in [5.41, 5.74) is 1.20. The molecule has 92 valence electrons. The maximum absolute atomic E-state index is 11.4. The molecular formula is C13H19N3O. The molecule has 0 bridgehead atoms. The summed E-state index contributed by atoms with van der Waals surface area (Å²) in [6.45, 7) is 7.22. The number of aryl methyl sites for hydroxylation is 1. The maximum Gasteiger partial charge on any atom is 0.219 e. The number of pyridine rings is 1. The van der Waals surface area contributed by atoms with Crippen molar-refractivity contribution in [3.05, 3.63) is 23.9 Å². The average molecular weight is 233 g/mol. The predicted molar refractivity (Wildman–Crippen MR) is 68.1 cm³/mol. The fourth-order valence-corrected chi connectivity index (χ4v) is 2.25. The van der Waals surface area contributed by atoms with Crippen LogP contribution in [0.4, 0.5) is 5.82 Å². The van der Waals surface area contributed by atoms with Gasteiger partial charge in [0.1, 0.15) is 5.82 Å². The largest absolute Gasteiger partial charge is 0.355 e. The second-order valence-electron chi connectivity index (χ2n) is 4.49. The van der Waals surface area contributed by atoms with Crippen LogP contribution in [0.25, 0.3) is 0 Å². The van der Waals surface area contributed by atoms with Crippen LogP contribution in [0.1, 0.15) is 18.9 Å².